The number of rotatable bonds is 2. The number of nitrogen functional groups attached to an aromatic ring is 1. The third-order valence-corrected chi connectivity index (χ3v) is 3.77. The molecule has 4 nitrogen and oxygen atoms in total. The molecule has 0 atom stereocenters. The van der Waals surface area contributed by atoms with E-state index in [0.717, 1.165) is 18.4 Å². The average Bonchev–Trinajstić information content (AvgIpc) is 2.42. The van der Waals surface area contributed by atoms with E-state index in [2.05, 4.69) is 0 Å². The zero-order valence-corrected chi connectivity index (χ0v) is 12.9. The molecule has 2 N–H and O–H groups in total. The fraction of sp³-hybridized carbons (Fsp3) is 0.562. The van der Waals surface area contributed by atoms with E-state index < -0.39 is 5.41 Å². The van der Waals surface area contributed by atoms with Gasteiger partial charge in [0, 0.05) is 13.1 Å². The average molecular weight is 294 g/mol. The van der Waals surface area contributed by atoms with E-state index >= 15 is 0 Å². The number of hydrogen-bond acceptors (Lipinski definition) is 4. The van der Waals surface area contributed by atoms with Crippen LogP contribution in [-0.2, 0) is 9.63 Å². The standard InChI is InChI=1S/C16H23FN2O2/c1-16(2,3)15(20)21-19-8-6-11(7-9-19)12-4-5-14(18)13(17)10-12/h4-5,10-11H,6-9,18H2,1-3H3. The summed E-state index contributed by atoms with van der Waals surface area (Å²) in [6.45, 7) is 6.83. The van der Waals surface area contributed by atoms with Crippen molar-refractivity contribution >= 4 is 11.7 Å². The van der Waals surface area contributed by atoms with Crippen LogP contribution in [0.15, 0.2) is 18.2 Å². The predicted molar refractivity (Wildman–Crippen MR) is 79.9 cm³/mol. The van der Waals surface area contributed by atoms with Gasteiger partial charge in [-0.2, -0.15) is 0 Å². The third kappa shape index (κ3) is 3.94. The van der Waals surface area contributed by atoms with Gasteiger partial charge >= 0.3 is 5.97 Å². The van der Waals surface area contributed by atoms with Crippen LogP contribution in [-0.4, -0.2) is 24.1 Å². The van der Waals surface area contributed by atoms with Gasteiger partial charge in [-0.25, -0.2) is 9.18 Å². The van der Waals surface area contributed by atoms with Gasteiger partial charge < -0.3 is 10.6 Å². The molecule has 1 aromatic carbocycles. The maximum absolute atomic E-state index is 13.5. The van der Waals surface area contributed by atoms with Gasteiger partial charge in [0.1, 0.15) is 5.82 Å². The molecule has 5 heteroatoms. The molecule has 0 aromatic heterocycles. The zero-order valence-electron chi connectivity index (χ0n) is 12.9. The maximum atomic E-state index is 13.5. The van der Waals surface area contributed by atoms with E-state index in [0.29, 0.717) is 13.1 Å². The van der Waals surface area contributed by atoms with Crippen LogP contribution in [0.1, 0.15) is 45.1 Å². The molecule has 0 spiro atoms. The lowest BCUT2D eigenvalue weighted by molar-refractivity contribution is -0.204. The molecule has 0 unspecified atom stereocenters. The molecule has 21 heavy (non-hydrogen) atoms. The lowest BCUT2D eigenvalue weighted by Gasteiger charge is -2.32. The molecule has 1 heterocycles. The Kier molecular flexibility index (Phi) is 4.52. The Morgan fingerprint density at radius 3 is 2.48 bits per heavy atom. The number of nitrogens with two attached hydrogens (primary N) is 1. The van der Waals surface area contributed by atoms with E-state index in [-0.39, 0.29) is 23.4 Å². The molecule has 1 aliphatic rings. The first-order valence-corrected chi connectivity index (χ1v) is 7.29. The molecule has 1 aromatic rings. The van der Waals surface area contributed by atoms with E-state index in [9.17, 15) is 9.18 Å². The molecular weight excluding hydrogens is 271 g/mol. The number of halogens is 1. The molecule has 2 rings (SSSR count). The summed E-state index contributed by atoms with van der Waals surface area (Å²) in [6, 6.07) is 4.99. The van der Waals surface area contributed by atoms with E-state index in [1.165, 1.54) is 6.07 Å². The second kappa shape index (κ2) is 6.02. The van der Waals surface area contributed by atoms with Crippen LogP contribution in [0.25, 0.3) is 0 Å². The number of hydroxylamine groups is 2. The predicted octanol–water partition coefficient (Wildman–Crippen LogP) is 3.09. The Bertz CT molecular complexity index is 517. The van der Waals surface area contributed by atoms with Crippen molar-refractivity contribution in [2.75, 3.05) is 18.8 Å². The Labute approximate surface area is 125 Å². The minimum absolute atomic E-state index is 0.176. The molecule has 1 aliphatic heterocycles. The van der Waals surface area contributed by atoms with Crippen LogP contribution in [0.3, 0.4) is 0 Å². The summed E-state index contributed by atoms with van der Waals surface area (Å²) in [5.74, 6) is -0.307. The quantitative estimate of drug-likeness (QED) is 0.852. The van der Waals surface area contributed by atoms with Gasteiger partial charge in [-0.05, 0) is 57.2 Å². The number of carbonyl (C=O) groups excluding carboxylic acids is 1. The van der Waals surface area contributed by atoms with E-state index in [1.807, 2.05) is 26.8 Å². The molecular formula is C16H23FN2O2. The van der Waals surface area contributed by atoms with Gasteiger partial charge in [0.15, 0.2) is 0 Å². The summed E-state index contributed by atoms with van der Waals surface area (Å²) in [5, 5.41) is 1.71. The van der Waals surface area contributed by atoms with Gasteiger partial charge in [0.25, 0.3) is 0 Å². The van der Waals surface area contributed by atoms with Crippen LogP contribution in [0.4, 0.5) is 10.1 Å². The maximum Gasteiger partial charge on any atom is 0.330 e. The van der Waals surface area contributed by atoms with Crippen molar-refractivity contribution in [1.82, 2.24) is 5.06 Å². The first-order valence-electron chi connectivity index (χ1n) is 7.29. The number of nitrogens with zero attached hydrogens (tertiary/aromatic N) is 1. The molecule has 0 bridgehead atoms. The second-order valence-electron chi connectivity index (χ2n) is 6.61. The number of piperidine rings is 1. The fourth-order valence-electron chi connectivity index (χ4n) is 2.33. The largest absolute Gasteiger partial charge is 0.396 e. The molecule has 0 saturated carbocycles. The Morgan fingerprint density at radius 2 is 1.95 bits per heavy atom. The van der Waals surface area contributed by atoms with Crippen molar-refractivity contribution in [3.8, 4) is 0 Å². The first kappa shape index (κ1) is 15.8. The zero-order chi connectivity index (χ0) is 15.6. The highest BCUT2D eigenvalue weighted by Crippen LogP contribution is 2.30. The summed E-state index contributed by atoms with van der Waals surface area (Å²) in [7, 11) is 0. The fourth-order valence-corrected chi connectivity index (χ4v) is 2.33. The van der Waals surface area contributed by atoms with Crippen molar-refractivity contribution in [3.05, 3.63) is 29.6 Å². The minimum Gasteiger partial charge on any atom is -0.396 e. The van der Waals surface area contributed by atoms with Gasteiger partial charge in [-0.3, -0.25) is 0 Å². The molecule has 0 amide bonds. The molecule has 1 fully saturated rings. The van der Waals surface area contributed by atoms with Crippen molar-refractivity contribution < 1.29 is 14.0 Å². The van der Waals surface area contributed by atoms with Crippen LogP contribution in [0.2, 0.25) is 0 Å². The van der Waals surface area contributed by atoms with Crippen molar-refractivity contribution in [2.45, 2.75) is 39.5 Å². The van der Waals surface area contributed by atoms with Crippen LogP contribution in [0, 0.1) is 11.2 Å². The summed E-state index contributed by atoms with van der Waals surface area (Å²) in [5.41, 5.74) is 6.13. The van der Waals surface area contributed by atoms with Crippen LogP contribution < -0.4 is 5.73 Å². The number of benzene rings is 1. The van der Waals surface area contributed by atoms with E-state index in [1.54, 1.807) is 11.1 Å². The lowest BCUT2D eigenvalue weighted by atomic mass is 9.90. The molecule has 116 valence electrons. The lowest BCUT2D eigenvalue weighted by Crippen LogP contribution is -2.38. The van der Waals surface area contributed by atoms with Crippen LogP contribution >= 0.6 is 0 Å². The second-order valence-corrected chi connectivity index (χ2v) is 6.61. The Hall–Kier alpha value is -1.62. The topological polar surface area (TPSA) is 55.6 Å². The molecule has 0 aliphatic carbocycles. The number of hydrogen-bond donors (Lipinski definition) is 1. The van der Waals surface area contributed by atoms with Gasteiger partial charge in [-0.1, -0.05) is 6.07 Å². The van der Waals surface area contributed by atoms with Gasteiger partial charge in [-0.15, -0.1) is 5.06 Å². The summed E-state index contributed by atoms with van der Waals surface area (Å²) in [6.07, 6.45) is 1.67. The number of carbonyl (C=O) groups is 1. The highest BCUT2D eigenvalue weighted by atomic mass is 19.1. The SMILES string of the molecule is CC(C)(C)C(=O)ON1CCC(c2ccc(N)c(F)c2)CC1. The summed E-state index contributed by atoms with van der Waals surface area (Å²) < 4.78 is 13.5. The smallest absolute Gasteiger partial charge is 0.330 e. The Morgan fingerprint density at radius 1 is 1.33 bits per heavy atom. The van der Waals surface area contributed by atoms with E-state index in [4.69, 9.17) is 10.6 Å². The first-order chi connectivity index (χ1) is 9.77. The van der Waals surface area contributed by atoms with Crippen molar-refractivity contribution in [1.29, 1.82) is 0 Å². The minimum atomic E-state index is -0.503. The molecule has 1 saturated heterocycles. The highest BCUT2D eigenvalue weighted by Gasteiger charge is 2.28. The third-order valence-electron chi connectivity index (χ3n) is 3.77. The monoisotopic (exact) mass is 294 g/mol. The normalized spacial score (nSPS) is 17.7. The summed E-state index contributed by atoms with van der Waals surface area (Å²) >= 11 is 0. The highest BCUT2D eigenvalue weighted by molar-refractivity contribution is 5.75. The van der Waals surface area contributed by atoms with Crippen LogP contribution in [0.5, 0.6) is 0 Å². The van der Waals surface area contributed by atoms with Crippen molar-refractivity contribution in [2.24, 2.45) is 5.41 Å². The van der Waals surface area contributed by atoms with Crippen molar-refractivity contribution in [3.63, 3.8) is 0 Å². The number of anilines is 1. The Balaban J connectivity index is 1.91. The van der Waals surface area contributed by atoms with Gasteiger partial charge in [0.05, 0.1) is 11.1 Å². The summed E-state index contributed by atoms with van der Waals surface area (Å²) in [4.78, 5) is 17.2. The van der Waals surface area contributed by atoms with Gasteiger partial charge in [0.2, 0.25) is 0 Å². The molecule has 0 radical (unpaired) electrons.